The lowest BCUT2D eigenvalue weighted by Crippen LogP contribution is -2.16. The number of carbonyl (C=O) groups is 1. The van der Waals surface area contributed by atoms with Gasteiger partial charge in [0.15, 0.2) is 0 Å². The largest absolute Gasteiger partial charge is 0.493 e. The van der Waals surface area contributed by atoms with Gasteiger partial charge in [-0.05, 0) is 73.9 Å². The molecule has 5 nitrogen and oxygen atoms in total. The van der Waals surface area contributed by atoms with E-state index < -0.39 is 5.97 Å². The van der Waals surface area contributed by atoms with Crippen molar-refractivity contribution in [3.63, 3.8) is 0 Å². The van der Waals surface area contributed by atoms with E-state index in [4.69, 9.17) is 30.6 Å². The minimum absolute atomic E-state index is 0.0970. The van der Waals surface area contributed by atoms with E-state index in [0.29, 0.717) is 36.0 Å². The van der Waals surface area contributed by atoms with E-state index in [0.717, 1.165) is 33.4 Å². The zero-order chi connectivity index (χ0) is 24.1. The highest BCUT2D eigenvalue weighted by atomic mass is 35.5. The molecule has 1 heterocycles. The SMILES string of the molecule is Cc1cc(OCCC(C)Oc2ccc(Cl)cc2-c2cc3ccccc3o2)ccc1CCC(=O)O. The summed E-state index contributed by atoms with van der Waals surface area (Å²) in [5.41, 5.74) is 3.67. The summed E-state index contributed by atoms with van der Waals surface area (Å²) in [5.74, 6) is 1.38. The normalized spacial score (nSPS) is 12.0. The van der Waals surface area contributed by atoms with Crippen molar-refractivity contribution < 1.29 is 23.8 Å². The van der Waals surface area contributed by atoms with Gasteiger partial charge in [-0.3, -0.25) is 4.79 Å². The number of carboxylic acids is 1. The predicted octanol–water partition coefficient (Wildman–Crippen LogP) is 7.32. The van der Waals surface area contributed by atoms with Gasteiger partial charge in [0, 0.05) is 23.3 Å². The lowest BCUT2D eigenvalue weighted by atomic mass is 10.0. The van der Waals surface area contributed by atoms with Crippen LogP contribution in [0.3, 0.4) is 0 Å². The summed E-state index contributed by atoms with van der Waals surface area (Å²) in [6.07, 6.45) is 1.22. The number of aliphatic carboxylic acids is 1. The predicted molar refractivity (Wildman–Crippen MR) is 134 cm³/mol. The van der Waals surface area contributed by atoms with E-state index in [1.165, 1.54) is 0 Å². The van der Waals surface area contributed by atoms with Crippen LogP contribution in [0.25, 0.3) is 22.3 Å². The van der Waals surface area contributed by atoms with Gasteiger partial charge < -0.3 is 19.0 Å². The first-order valence-corrected chi connectivity index (χ1v) is 11.7. The maximum absolute atomic E-state index is 10.8. The third-order valence-corrected chi connectivity index (χ3v) is 5.91. The van der Waals surface area contributed by atoms with E-state index >= 15 is 0 Å². The zero-order valence-electron chi connectivity index (χ0n) is 19.2. The average molecular weight is 479 g/mol. The molecule has 1 N–H and O–H groups in total. The molecule has 1 aromatic heterocycles. The second-order valence-electron chi connectivity index (χ2n) is 8.34. The number of benzene rings is 3. The highest BCUT2D eigenvalue weighted by Gasteiger charge is 2.15. The number of hydrogen-bond acceptors (Lipinski definition) is 4. The molecule has 0 aliphatic heterocycles. The maximum Gasteiger partial charge on any atom is 0.303 e. The van der Waals surface area contributed by atoms with Crippen LogP contribution in [0.1, 0.15) is 30.9 Å². The van der Waals surface area contributed by atoms with Crippen LogP contribution in [0.2, 0.25) is 5.02 Å². The summed E-state index contributed by atoms with van der Waals surface area (Å²) in [5, 5.41) is 10.5. The van der Waals surface area contributed by atoms with E-state index in [1.54, 1.807) is 6.07 Å². The monoisotopic (exact) mass is 478 g/mol. The van der Waals surface area contributed by atoms with Gasteiger partial charge in [-0.25, -0.2) is 0 Å². The van der Waals surface area contributed by atoms with E-state index in [2.05, 4.69) is 0 Å². The molecule has 0 aliphatic carbocycles. The number of furan rings is 1. The molecular formula is C28H27ClO5. The van der Waals surface area contributed by atoms with Crippen molar-refractivity contribution in [3.05, 3.63) is 82.9 Å². The molecular weight excluding hydrogens is 452 g/mol. The summed E-state index contributed by atoms with van der Waals surface area (Å²) in [6.45, 7) is 4.46. The number of halogens is 1. The van der Waals surface area contributed by atoms with Gasteiger partial charge in [-0.2, -0.15) is 0 Å². The molecule has 3 aromatic carbocycles. The Bertz CT molecular complexity index is 1260. The smallest absolute Gasteiger partial charge is 0.303 e. The third-order valence-electron chi connectivity index (χ3n) is 5.68. The summed E-state index contributed by atoms with van der Waals surface area (Å²) in [7, 11) is 0. The van der Waals surface area contributed by atoms with Crippen molar-refractivity contribution in [2.45, 2.75) is 39.2 Å². The second kappa shape index (κ2) is 10.7. The fourth-order valence-corrected chi connectivity index (χ4v) is 3.98. The van der Waals surface area contributed by atoms with Gasteiger partial charge in [0.1, 0.15) is 22.8 Å². The molecule has 0 amide bonds. The lowest BCUT2D eigenvalue weighted by Gasteiger charge is -2.18. The van der Waals surface area contributed by atoms with Crippen LogP contribution in [0.5, 0.6) is 11.5 Å². The first-order valence-electron chi connectivity index (χ1n) is 11.3. The number of rotatable bonds is 10. The highest BCUT2D eigenvalue weighted by Crippen LogP contribution is 2.36. The summed E-state index contributed by atoms with van der Waals surface area (Å²) in [6, 6.07) is 21.1. The molecule has 4 rings (SSSR count). The highest BCUT2D eigenvalue weighted by molar-refractivity contribution is 6.31. The van der Waals surface area contributed by atoms with Crippen LogP contribution >= 0.6 is 11.6 Å². The van der Waals surface area contributed by atoms with Gasteiger partial charge >= 0.3 is 5.97 Å². The second-order valence-corrected chi connectivity index (χ2v) is 8.77. The topological polar surface area (TPSA) is 68.9 Å². The molecule has 6 heteroatoms. The Kier molecular flexibility index (Phi) is 7.43. The molecule has 0 saturated carbocycles. The Labute approximate surface area is 203 Å². The standard InChI is InChI=1S/C28H27ClO5/c1-18-15-23(10-7-20(18)8-12-28(30)31)32-14-13-19(2)33-26-11-9-22(29)17-24(26)27-16-21-5-3-4-6-25(21)34-27/h3-7,9-11,15-17,19H,8,12-14H2,1-2H3,(H,30,31). The fourth-order valence-electron chi connectivity index (χ4n) is 3.81. The Balaban J connectivity index is 1.38. The molecule has 0 spiro atoms. The lowest BCUT2D eigenvalue weighted by molar-refractivity contribution is -0.136. The van der Waals surface area contributed by atoms with Gasteiger partial charge in [-0.15, -0.1) is 0 Å². The van der Waals surface area contributed by atoms with Crippen molar-refractivity contribution in [3.8, 4) is 22.8 Å². The average Bonchev–Trinajstić information content (AvgIpc) is 3.24. The number of para-hydroxylation sites is 1. The minimum Gasteiger partial charge on any atom is -0.493 e. The molecule has 0 fully saturated rings. The van der Waals surface area contributed by atoms with Gasteiger partial charge in [-0.1, -0.05) is 35.9 Å². The Morgan fingerprint density at radius 2 is 1.91 bits per heavy atom. The maximum atomic E-state index is 10.8. The number of ether oxygens (including phenoxy) is 2. The van der Waals surface area contributed by atoms with Crippen LogP contribution < -0.4 is 9.47 Å². The van der Waals surface area contributed by atoms with Crippen molar-refractivity contribution in [2.75, 3.05) is 6.61 Å². The number of aryl methyl sites for hydroxylation is 2. The van der Waals surface area contributed by atoms with Gasteiger partial charge in [0.25, 0.3) is 0 Å². The van der Waals surface area contributed by atoms with E-state index in [1.807, 2.05) is 74.5 Å². The van der Waals surface area contributed by atoms with Crippen LogP contribution in [-0.2, 0) is 11.2 Å². The summed E-state index contributed by atoms with van der Waals surface area (Å²) < 4.78 is 18.2. The van der Waals surface area contributed by atoms with Crippen molar-refractivity contribution in [1.82, 2.24) is 0 Å². The van der Waals surface area contributed by atoms with Crippen molar-refractivity contribution >= 4 is 28.5 Å². The molecule has 176 valence electrons. The zero-order valence-corrected chi connectivity index (χ0v) is 20.0. The van der Waals surface area contributed by atoms with Crippen LogP contribution in [0.4, 0.5) is 0 Å². The van der Waals surface area contributed by atoms with Gasteiger partial charge in [0.2, 0.25) is 0 Å². The quantitative estimate of drug-likeness (QED) is 0.258. The molecule has 34 heavy (non-hydrogen) atoms. The van der Waals surface area contributed by atoms with Crippen LogP contribution in [0, 0.1) is 6.92 Å². The van der Waals surface area contributed by atoms with Crippen molar-refractivity contribution in [2.24, 2.45) is 0 Å². The molecule has 1 atom stereocenters. The molecule has 4 aromatic rings. The summed E-state index contributed by atoms with van der Waals surface area (Å²) in [4.78, 5) is 10.8. The fraction of sp³-hybridized carbons (Fsp3) is 0.250. The Morgan fingerprint density at radius 3 is 2.68 bits per heavy atom. The molecule has 0 radical (unpaired) electrons. The number of carboxylic acid groups (broad SMARTS) is 1. The molecule has 0 saturated heterocycles. The van der Waals surface area contributed by atoms with Crippen LogP contribution in [0.15, 0.2) is 71.1 Å². The minimum atomic E-state index is -0.794. The Hall–Kier alpha value is -3.44. The molecule has 1 unspecified atom stereocenters. The molecule has 0 aliphatic rings. The Morgan fingerprint density at radius 1 is 1.09 bits per heavy atom. The third kappa shape index (κ3) is 5.91. The number of fused-ring (bicyclic) bond motifs is 1. The van der Waals surface area contributed by atoms with Crippen molar-refractivity contribution in [1.29, 1.82) is 0 Å². The van der Waals surface area contributed by atoms with Crippen LogP contribution in [-0.4, -0.2) is 23.8 Å². The first kappa shape index (κ1) is 23.7. The van der Waals surface area contributed by atoms with Gasteiger partial charge in [0.05, 0.1) is 18.3 Å². The van der Waals surface area contributed by atoms with E-state index in [-0.39, 0.29) is 12.5 Å². The summed E-state index contributed by atoms with van der Waals surface area (Å²) >= 11 is 6.27. The first-order chi connectivity index (χ1) is 16.4. The molecule has 0 bridgehead atoms. The number of hydrogen-bond donors (Lipinski definition) is 1. The van der Waals surface area contributed by atoms with E-state index in [9.17, 15) is 4.79 Å².